The second kappa shape index (κ2) is 7.92. The molecule has 0 spiro atoms. The van der Waals surface area contributed by atoms with Crippen LogP contribution in [0.25, 0.3) is 11.1 Å². The Hall–Kier alpha value is -1.70. The van der Waals surface area contributed by atoms with Crippen molar-refractivity contribution in [2.75, 3.05) is 0 Å². The molecule has 0 N–H and O–H groups in total. The van der Waals surface area contributed by atoms with Crippen molar-refractivity contribution in [1.29, 1.82) is 0 Å². The highest BCUT2D eigenvalue weighted by Gasteiger charge is 2.19. The van der Waals surface area contributed by atoms with E-state index in [0.29, 0.717) is 0 Å². The van der Waals surface area contributed by atoms with Gasteiger partial charge in [-0.05, 0) is 53.5 Å². The molecule has 1 aliphatic rings. The third-order valence-electron chi connectivity index (χ3n) is 5.59. The number of aryl methyl sites for hydroxylation is 1. The molecular formula is C22H26F2. The Morgan fingerprint density at radius 2 is 1.42 bits per heavy atom. The summed E-state index contributed by atoms with van der Waals surface area (Å²) in [5.74, 6) is 0.239. The first-order valence-electron chi connectivity index (χ1n) is 9.20. The van der Waals surface area contributed by atoms with Crippen molar-refractivity contribution in [1.82, 2.24) is 0 Å². The molecule has 2 aromatic carbocycles. The number of hydrogen-bond acceptors (Lipinski definition) is 0. The van der Waals surface area contributed by atoms with Gasteiger partial charge in [-0.1, -0.05) is 69.4 Å². The first-order valence-corrected chi connectivity index (χ1v) is 9.20. The van der Waals surface area contributed by atoms with Gasteiger partial charge < -0.3 is 0 Å². The molecule has 1 fully saturated rings. The van der Waals surface area contributed by atoms with Gasteiger partial charge in [-0.3, -0.25) is 0 Å². The van der Waals surface area contributed by atoms with Crippen molar-refractivity contribution >= 4 is 0 Å². The van der Waals surface area contributed by atoms with Crippen LogP contribution in [0.2, 0.25) is 0 Å². The lowest BCUT2D eigenvalue weighted by molar-refractivity contribution is 0.259. The summed E-state index contributed by atoms with van der Waals surface area (Å²) < 4.78 is 26.4. The van der Waals surface area contributed by atoms with E-state index < -0.39 is 11.6 Å². The molecule has 0 atom stereocenters. The van der Waals surface area contributed by atoms with Gasteiger partial charge in [0, 0.05) is 0 Å². The minimum absolute atomic E-state index is 0.721. The summed E-state index contributed by atoms with van der Waals surface area (Å²) in [6.45, 7) is 2.31. The third-order valence-corrected chi connectivity index (χ3v) is 5.59. The van der Waals surface area contributed by atoms with Gasteiger partial charge in [-0.25, -0.2) is 8.78 Å². The average Bonchev–Trinajstić information content (AvgIpc) is 2.63. The average molecular weight is 328 g/mol. The summed E-state index contributed by atoms with van der Waals surface area (Å²) >= 11 is 0. The van der Waals surface area contributed by atoms with Crippen LogP contribution in [0.4, 0.5) is 8.78 Å². The molecule has 0 amide bonds. The van der Waals surface area contributed by atoms with Crippen molar-refractivity contribution in [3.8, 4) is 11.1 Å². The van der Waals surface area contributed by atoms with Crippen LogP contribution >= 0.6 is 0 Å². The first kappa shape index (κ1) is 17.1. The Morgan fingerprint density at radius 1 is 0.792 bits per heavy atom. The van der Waals surface area contributed by atoms with Crippen LogP contribution in [0.5, 0.6) is 0 Å². The molecule has 0 nitrogen and oxygen atoms in total. The highest BCUT2D eigenvalue weighted by atomic mass is 19.2. The summed E-state index contributed by atoms with van der Waals surface area (Å²) in [7, 11) is 0. The molecule has 3 rings (SSSR count). The van der Waals surface area contributed by atoms with E-state index in [1.165, 1.54) is 56.2 Å². The zero-order valence-electron chi connectivity index (χ0n) is 14.4. The Kier molecular flexibility index (Phi) is 5.65. The first-order chi connectivity index (χ1) is 11.7. The zero-order chi connectivity index (χ0) is 16.9. The molecule has 0 unspecified atom stereocenters. The van der Waals surface area contributed by atoms with E-state index in [1.54, 1.807) is 6.07 Å². The summed E-state index contributed by atoms with van der Waals surface area (Å²) in [5.41, 5.74) is 2.98. The predicted molar refractivity (Wildman–Crippen MR) is 95.9 cm³/mol. The van der Waals surface area contributed by atoms with E-state index in [-0.39, 0.29) is 0 Å². The summed E-state index contributed by atoms with van der Waals surface area (Å²) in [6.07, 6.45) is 9.27. The van der Waals surface area contributed by atoms with Crippen LogP contribution in [-0.4, -0.2) is 0 Å². The molecule has 0 aromatic heterocycles. The molecule has 0 aliphatic heterocycles. The third kappa shape index (κ3) is 4.23. The van der Waals surface area contributed by atoms with Gasteiger partial charge in [0.15, 0.2) is 11.6 Å². The maximum absolute atomic E-state index is 13.3. The molecule has 1 saturated carbocycles. The van der Waals surface area contributed by atoms with Crippen molar-refractivity contribution in [2.45, 2.75) is 51.9 Å². The van der Waals surface area contributed by atoms with E-state index >= 15 is 0 Å². The van der Waals surface area contributed by atoms with E-state index in [1.807, 2.05) is 12.1 Å². The van der Waals surface area contributed by atoms with Gasteiger partial charge in [0.05, 0.1) is 0 Å². The van der Waals surface area contributed by atoms with E-state index in [4.69, 9.17) is 0 Å². The van der Waals surface area contributed by atoms with Crippen molar-refractivity contribution in [3.63, 3.8) is 0 Å². The molecule has 0 heterocycles. The monoisotopic (exact) mass is 328 g/mol. The topological polar surface area (TPSA) is 0 Å². The summed E-state index contributed by atoms with van der Waals surface area (Å²) in [4.78, 5) is 0. The highest BCUT2D eigenvalue weighted by molar-refractivity contribution is 5.63. The van der Waals surface area contributed by atoms with E-state index in [2.05, 4.69) is 19.1 Å². The van der Waals surface area contributed by atoms with Gasteiger partial charge in [0.1, 0.15) is 0 Å². The molecule has 1 aliphatic carbocycles. The molecule has 2 heteroatoms. The number of benzene rings is 2. The molecule has 2 aromatic rings. The molecular weight excluding hydrogens is 302 g/mol. The van der Waals surface area contributed by atoms with Crippen molar-refractivity contribution in [2.24, 2.45) is 11.8 Å². The molecule has 24 heavy (non-hydrogen) atoms. The van der Waals surface area contributed by atoms with Crippen LogP contribution in [0.3, 0.4) is 0 Å². The number of hydrogen-bond donors (Lipinski definition) is 0. The number of halogens is 2. The fraction of sp³-hybridized carbons (Fsp3) is 0.455. The maximum Gasteiger partial charge on any atom is 0.159 e. The summed E-state index contributed by atoms with van der Waals surface area (Å²) in [6, 6.07) is 12.3. The minimum Gasteiger partial charge on any atom is -0.204 e. The highest BCUT2D eigenvalue weighted by Crippen LogP contribution is 2.33. The van der Waals surface area contributed by atoms with Gasteiger partial charge in [-0.2, -0.15) is 0 Å². The lowest BCUT2D eigenvalue weighted by atomic mass is 9.78. The van der Waals surface area contributed by atoms with Crippen LogP contribution < -0.4 is 0 Å². The zero-order valence-corrected chi connectivity index (χ0v) is 14.4. The SMILES string of the molecule is CC[C@H]1CC[C@@H](CCc2ccc(-c3ccc(F)c(F)c3)cc2)CC1. The quantitative estimate of drug-likeness (QED) is 0.567. The van der Waals surface area contributed by atoms with Crippen molar-refractivity contribution in [3.05, 3.63) is 59.7 Å². The second-order valence-electron chi connectivity index (χ2n) is 7.16. The van der Waals surface area contributed by atoms with Crippen LogP contribution in [0, 0.1) is 23.5 Å². The standard InChI is InChI=1S/C22H26F2/c1-2-16-3-5-17(6-4-16)7-8-18-9-11-19(12-10-18)20-13-14-21(23)22(24)15-20/h9-17H,2-8H2,1H3/t16-,17+. The minimum atomic E-state index is -0.798. The van der Waals surface area contributed by atoms with Crippen molar-refractivity contribution < 1.29 is 8.78 Å². The lowest BCUT2D eigenvalue weighted by Gasteiger charge is -2.27. The Morgan fingerprint density at radius 3 is 2.04 bits per heavy atom. The fourth-order valence-electron chi connectivity index (χ4n) is 3.84. The fourth-order valence-corrected chi connectivity index (χ4v) is 3.84. The second-order valence-corrected chi connectivity index (χ2v) is 7.16. The van der Waals surface area contributed by atoms with Crippen LogP contribution in [0.15, 0.2) is 42.5 Å². The Balaban J connectivity index is 1.56. The normalized spacial score (nSPS) is 21.0. The Labute approximate surface area is 143 Å². The van der Waals surface area contributed by atoms with Crippen LogP contribution in [0.1, 0.15) is 51.0 Å². The van der Waals surface area contributed by atoms with Gasteiger partial charge in [-0.15, -0.1) is 0 Å². The Bertz CT molecular complexity index is 652. The van der Waals surface area contributed by atoms with Gasteiger partial charge in [0.25, 0.3) is 0 Å². The molecule has 0 bridgehead atoms. The maximum atomic E-state index is 13.3. The van der Waals surface area contributed by atoms with E-state index in [9.17, 15) is 8.78 Å². The molecule has 0 radical (unpaired) electrons. The van der Waals surface area contributed by atoms with Gasteiger partial charge >= 0.3 is 0 Å². The van der Waals surface area contributed by atoms with Gasteiger partial charge in [0.2, 0.25) is 0 Å². The molecule has 0 saturated heterocycles. The predicted octanol–water partition coefficient (Wildman–Crippen LogP) is 6.78. The number of rotatable bonds is 5. The summed E-state index contributed by atoms with van der Waals surface area (Å²) in [5, 5.41) is 0. The largest absolute Gasteiger partial charge is 0.204 e. The van der Waals surface area contributed by atoms with Crippen LogP contribution in [-0.2, 0) is 6.42 Å². The van der Waals surface area contributed by atoms with E-state index in [0.717, 1.165) is 29.4 Å². The lowest BCUT2D eigenvalue weighted by Crippen LogP contribution is -2.14. The molecule has 128 valence electrons. The smallest absolute Gasteiger partial charge is 0.159 e.